The zero-order valence-electron chi connectivity index (χ0n) is 15.5. The Bertz CT molecular complexity index is 513. The number of hydrogen-bond donors (Lipinski definition) is 2. The molecule has 1 aliphatic rings. The fraction of sp³-hybridized carbons (Fsp3) is 0.650. The van der Waals surface area contributed by atoms with Crippen molar-refractivity contribution in [2.75, 3.05) is 19.6 Å². The first-order valence-electron chi connectivity index (χ1n) is 9.12. The van der Waals surface area contributed by atoms with Crippen molar-refractivity contribution in [2.45, 2.75) is 58.5 Å². The zero-order chi connectivity index (χ0) is 17.6. The van der Waals surface area contributed by atoms with Crippen LogP contribution in [-0.2, 0) is 10.2 Å². The van der Waals surface area contributed by atoms with Gasteiger partial charge in [0.05, 0.1) is 0 Å². The van der Waals surface area contributed by atoms with Crippen molar-refractivity contribution < 1.29 is 9.53 Å². The van der Waals surface area contributed by atoms with E-state index in [0.29, 0.717) is 5.92 Å². The number of benzene rings is 1. The lowest BCUT2D eigenvalue weighted by molar-refractivity contribution is -0.127. The molecule has 1 aromatic rings. The van der Waals surface area contributed by atoms with Crippen LogP contribution in [0, 0.1) is 5.92 Å². The quantitative estimate of drug-likeness (QED) is 0.841. The van der Waals surface area contributed by atoms with E-state index in [4.69, 9.17) is 4.74 Å². The average Bonchev–Trinajstić information content (AvgIpc) is 2.55. The molecule has 2 rings (SSSR count). The van der Waals surface area contributed by atoms with Gasteiger partial charge in [0.15, 0.2) is 6.10 Å². The Morgan fingerprint density at radius 2 is 2.04 bits per heavy atom. The van der Waals surface area contributed by atoms with Crippen LogP contribution < -0.4 is 15.4 Å². The second kappa shape index (κ2) is 8.52. The van der Waals surface area contributed by atoms with Crippen molar-refractivity contribution in [2.24, 2.45) is 5.92 Å². The van der Waals surface area contributed by atoms with Gasteiger partial charge in [-0.25, -0.2) is 0 Å². The number of piperidine rings is 1. The third-order valence-corrected chi connectivity index (χ3v) is 4.65. The van der Waals surface area contributed by atoms with Crippen LogP contribution in [0.5, 0.6) is 5.75 Å². The standard InChI is InChI=1S/C20H32N2O2/c1-15(19(23)22-13-11-16-6-5-12-21-14-16)24-18-9-7-17(8-10-18)20(2,3)4/h7-10,15-16,21H,5-6,11-14H2,1-4H3,(H,22,23). The van der Waals surface area contributed by atoms with E-state index in [-0.39, 0.29) is 11.3 Å². The van der Waals surface area contributed by atoms with Gasteiger partial charge in [0.25, 0.3) is 5.91 Å². The van der Waals surface area contributed by atoms with Crippen molar-refractivity contribution >= 4 is 5.91 Å². The van der Waals surface area contributed by atoms with Crippen molar-refractivity contribution in [1.82, 2.24) is 10.6 Å². The molecule has 134 valence electrons. The number of amides is 1. The first-order valence-corrected chi connectivity index (χ1v) is 9.12. The summed E-state index contributed by atoms with van der Waals surface area (Å²) in [5.41, 5.74) is 1.38. The first kappa shape index (κ1) is 18.8. The van der Waals surface area contributed by atoms with Gasteiger partial charge in [-0.05, 0) is 68.3 Å². The fourth-order valence-electron chi connectivity index (χ4n) is 3.00. The molecule has 0 saturated carbocycles. The lowest BCUT2D eigenvalue weighted by Crippen LogP contribution is -2.38. The van der Waals surface area contributed by atoms with Gasteiger partial charge in [-0.1, -0.05) is 32.9 Å². The second-order valence-electron chi connectivity index (χ2n) is 7.83. The predicted octanol–water partition coefficient (Wildman–Crippen LogP) is 3.26. The van der Waals surface area contributed by atoms with E-state index >= 15 is 0 Å². The molecule has 0 aliphatic carbocycles. The minimum Gasteiger partial charge on any atom is -0.481 e. The second-order valence-corrected chi connectivity index (χ2v) is 7.83. The van der Waals surface area contributed by atoms with E-state index in [1.54, 1.807) is 6.92 Å². The normalized spacial score (nSPS) is 19.6. The Balaban J connectivity index is 1.74. The number of hydrogen-bond acceptors (Lipinski definition) is 3. The minimum absolute atomic E-state index is 0.0429. The van der Waals surface area contributed by atoms with E-state index in [0.717, 1.165) is 31.8 Å². The average molecular weight is 332 g/mol. The van der Waals surface area contributed by atoms with E-state index in [9.17, 15) is 4.79 Å². The molecule has 1 heterocycles. The van der Waals surface area contributed by atoms with Crippen LogP contribution in [0.25, 0.3) is 0 Å². The summed E-state index contributed by atoms with van der Waals surface area (Å²) < 4.78 is 5.76. The smallest absolute Gasteiger partial charge is 0.260 e. The zero-order valence-corrected chi connectivity index (χ0v) is 15.5. The van der Waals surface area contributed by atoms with Gasteiger partial charge in [0, 0.05) is 6.54 Å². The minimum atomic E-state index is -0.477. The maximum absolute atomic E-state index is 12.2. The summed E-state index contributed by atoms with van der Waals surface area (Å²) in [5.74, 6) is 1.38. The summed E-state index contributed by atoms with van der Waals surface area (Å²) in [6.07, 6.45) is 3.05. The molecule has 2 atom stereocenters. The van der Waals surface area contributed by atoms with Crippen molar-refractivity contribution in [3.05, 3.63) is 29.8 Å². The molecule has 1 saturated heterocycles. The maximum atomic E-state index is 12.2. The topological polar surface area (TPSA) is 50.4 Å². The molecule has 0 aromatic heterocycles. The molecule has 0 spiro atoms. The van der Waals surface area contributed by atoms with Crippen LogP contribution in [0.15, 0.2) is 24.3 Å². The summed E-state index contributed by atoms with van der Waals surface area (Å²) in [4.78, 5) is 12.2. The van der Waals surface area contributed by atoms with Crippen LogP contribution in [0.1, 0.15) is 52.5 Å². The fourth-order valence-corrected chi connectivity index (χ4v) is 3.00. The predicted molar refractivity (Wildman–Crippen MR) is 98.5 cm³/mol. The molecule has 1 fully saturated rings. The Hall–Kier alpha value is -1.55. The molecular formula is C20H32N2O2. The summed E-state index contributed by atoms with van der Waals surface area (Å²) >= 11 is 0. The highest BCUT2D eigenvalue weighted by molar-refractivity contribution is 5.80. The SMILES string of the molecule is CC(Oc1ccc(C(C)(C)C)cc1)C(=O)NCCC1CCCNC1. The summed E-state index contributed by atoms with van der Waals surface area (Å²) in [5, 5.41) is 6.40. The van der Waals surface area contributed by atoms with Crippen LogP contribution in [-0.4, -0.2) is 31.6 Å². The third kappa shape index (κ3) is 5.82. The summed E-state index contributed by atoms with van der Waals surface area (Å²) in [7, 11) is 0. The Morgan fingerprint density at radius 1 is 1.33 bits per heavy atom. The number of carbonyl (C=O) groups is 1. The van der Waals surface area contributed by atoms with Crippen LogP contribution in [0.4, 0.5) is 0 Å². The number of ether oxygens (including phenoxy) is 1. The molecule has 0 bridgehead atoms. The first-order chi connectivity index (χ1) is 11.4. The number of carbonyl (C=O) groups excluding carboxylic acids is 1. The van der Waals surface area contributed by atoms with Gasteiger partial charge in [0.1, 0.15) is 5.75 Å². The van der Waals surface area contributed by atoms with Gasteiger partial charge >= 0.3 is 0 Å². The summed E-state index contributed by atoms with van der Waals surface area (Å²) in [6.45, 7) is 11.3. The van der Waals surface area contributed by atoms with Gasteiger partial charge in [0.2, 0.25) is 0 Å². The van der Waals surface area contributed by atoms with Crippen molar-refractivity contribution in [3.8, 4) is 5.75 Å². The van der Waals surface area contributed by atoms with E-state index in [2.05, 4.69) is 43.5 Å². The molecule has 1 aliphatic heterocycles. The molecular weight excluding hydrogens is 300 g/mol. The number of rotatable bonds is 6. The molecule has 1 amide bonds. The van der Waals surface area contributed by atoms with Crippen LogP contribution >= 0.6 is 0 Å². The van der Waals surface area contributed by atoms with Crippen LogP contribution in [0.2, 0.25) is 0 Å². The molecule has 0 radical (unpaired) electrons. The largest absolute Gasteiger partial charge is 0.481 e. The third-order valence-electron chi connectivity index (χ3n) is 4.65. The number of nitrogens with one attached hydrogen (secondary N) is 2. The molecule has 4 heteroatoms. The van der Waals surface area contributed by atoms with E-state index in [1.807, 2.05) is 12.1 Å². The molecule has 4 nitrogen and oxygen atoms in total. The molecule has 2 unspecified atom stereocenters. The monoisotopic (exact) mass is 332 g/mol. The molecule has 2 N–H and O–H groups in total. The Morgan fingerprint density at radius 3 is 2.62 bits per heavy atom. The highest BCUT2D eigenvalue weighted by Gasteiger charge is 2.17. The van der Waals surface area contributed by atoms with Gasteiger partial charge in [-0.15, -0.1) is 0 Å². The van der Waals surface area contributed by atoms with Gasteiger partial charge < -0.3 is 15.4 Å². The lowest BCUT2D eigenvalue weighted by atomic mass is 9.87. The summed E-state index contributed by atoms with van der Waals surface area (Å²) in [6, 6.07) is 8.02. The van der Waals surface area contributed by atoms with Gasteiger partial charge in [-0.2, -0.15) is 0 Å². The van der Waals surface area contributed by atoms with Crippen molar-refractivity contribution in [1.29, 1.82) is 0 Å². The maximum Gasteiger partial charge on any atom is 0.260 e. The van der Waals surface area contributed by atoms with E-state index < -0.39 is 6.10 Å². The van der Waals surface area contributed by atoms with Crippen molar-refractivity contribution in [3.63, 3.8) is 0 Å². The Labute approximate surface area is 146 Å². The Kier molecular flexibility index (Phi) is 6.67. The van der Waals surface area contributed by atoms with Crippen LogP contribution in [0.3, 0.4) is 0 Å². The molecule has 1 aromatic carbocycles. The highest BCUT2D eigenvalue weighted by Crippen LogP contribution is 2.24. The lowest BCUT2D eigenvalue weighted by Gasteiger charge is -2.23. The van der Waals surface area contributed by atoms with Gasteiger partial charge in [-0.3, -0.25) is 4.79 Å². The highest BCUT2D eigenvalue weighted by atomic mass is 16.5. The van der Waals surface area contributed by atoms with E-state index in [1.165, 1.54) is 18.4 Å². The molecule has 24 heavy (non-hydrogen) atoms.